The van der Waals surface area contributed by atoms with Gasteiger partial charge < -0.3 is 0 Å². The summed E-state index contributed by atoms with van der Waals surface area (Å²) in [5.74, 6) is 0.828. The minimum atomic E-state index is -3.91. The molecule has 1 aliphatic carbocycles. The van der Waals surface area contributed by atoms with Crippen LogP contribution >= 0.6 is 0 Å². The lowest BCUT2D eigenvalue weighted by molar-refractivity contribution is 0.342. The molecular weight excluding hydrogens is 200 g/mol. The molecule has 14 heavy (non-hydrogen) atoms. The first-order valence-corrected chi connectivity index (χ1v) is 6.45. The van der Waals surface area contributed by atoms with Crippen molar-refractivity contribution in [1.29, 1.82) is 0 Å². The highest BCUT2D eigenvalue weighted by molar-refractivity contribution is 7.86. The molecule has 0 heterocycles. The van der Waals surface area contributed by atoms with Crippen LogP contribution in [0.25, 0.3) is 0 Å². The van der Waals surface area contributed by atoms with E-state index in [1.165, 1.54) is 0 Å². The quantitative estimate of drug-likeness (QED) is 0.571. The minimum absolute atomic E-state index is 0.366. The van der Waals surface area contributed by atoms with Gasteiger partial charge in [0.05, 0.1) is 0 Å². The Morgan fingerprint density at radius 2 is 2.07 bits per heavy atom. The molecule has 0 spiro atoms. The lowest BCUT2D eigenvalue weighted by Crippen LogP contribution is -2.29. The second kappa shape index (κ2) is 4.03. The highest BCUT2D eigenvalue weighted by Crippen LogP contribution is 2.32. The normalized spacial score (nSPS) is 29.1. The van der Waals surface area contributed by atoms with Crippen LogP contribution in [0.2, 0.25) is 0 Å². The van der Waals surface area contributed by atoms with Crippen molar-refractivity contribution in [2.24, 2.45) is 11.8 Å². The van der Waals surface area contributed by atoms with Crippen LogP contribution in [-0.2, 0) is 10.1 Å². The van der Waals surface area contributed by atoms with Crippen molar-refractivity contribution in [1.82, 2.24) is 0 Å². The van der Waals surface area contributed by atoms with Crippen LogP contribution in [0.4, 0.5) is 0 Å². The fourth-order valence-electron chi connectivity index (χ4n) is 1.93. The average molecular weight is 218 g/mol. The van der Waals surface area contributed by atoms with E-state index >= 15 is 0 Å². The summed E-state index contributed by atoms with van der Waals surface area (Å²) in [4.78, 5) is 0. The van der Waals surface area contributed by atoms with Crippen LogP contribution in [0.3, 0.4) is 0 Å². The lowest BCUT2D eigenvalue weighted by Gasteiger charge is -2.28. The predicted octanol–water partition coefficient (Wildman–Crippen LogP) is 2.26. The third-order valence-electron chi connectivity index (χ3n) is 3.07. The summed E-state index contributed by atoms with van der Waals surface area (Å²) in [6, 6.07) is 0. The molecule has 2 atom stereocenters. The molecule has 0 aromatic heterocycles. The van der Waals surface area contributed by atoms with E-state index in [2.05, 4.69) is 13.8 Å². The van der Waals surface area contributed by atoms with Crippen LogP contribution in [0.15, 0.2) is 11.6 Å². The maximum atomic E-state index is 11.1. The first-order chi connectivity index (χ1) is 6.32. The van der Waals surface area contributed by atoms with E-state index in [1.54, 1.807) is 6.92 Å². The van der Waals surface area contributed by atoms with Crippen LogP contribution in [0.5, 0.6) is 0 Å². The van der Waals surface area contributed by atoms with E-state index < -0.39 is 15.4 Å². The van der Waals surface area contributed by atoms with Crippen LogP contribution < -0.4 is 0 Å². The lowest BCUT2D eigenvalue weighted by atomic mass is 9.82. The molecule has 4 heteroatoms. The van der Waals surface area contributed by atoms with Gasteiger partial charge in [0.2, 0.25) is 0 Å². The smallest absolute Gasteiger partial charge is 0.271 e. The summed E-state index contributed by atoms with van der Waals surface area (Å²) in [6.45, 7) is 5.94. The van der Waals surface area contributed by atoms with Crippen LogP contribution in [0.1, 0.15) is 33.6 Å². The van der Waals surface area contributed by atoms with E-state index in [0.717, 1.165) is 12.0 Å². The van der Waals surface area contributed by atoms with Crippen molar-refractivity contribution in [2.45, 2.75) is 38.9 Å². The molecule has 82 valence electrons. The molecule has 1 N–H and O–H groups in total. The molecule has 1 rings (SSSR count). The average Bonchev–Trinajstić information content (AvgIpc) is 2.02. The Morgan fingerprint density at radius 1 is 1.50 bits per heavy atom. The zero-order valence-corrected chi connectivity index (χ0v) is 9.71. The Kier molecular flexibility index (Phi) is 3.37. The summed E-state index contributed by atoms with van der Waals surface area (Å²) < 4.78 is 31.2. The molecule has 0 saturated carbocycles. The van der Waals surface area contributed by atoms with Gasteiger partial charge in [-0.1, -0.05) is 25.5 Å². The third-order valence-corrected chi connectivity index (χ3v) is 4.35. The van der Waals surface area contributed by atoms with E-state index in [1.807, 2.05) is 6.08 Å². The van der Waals surface area contributed by atoms with Gasteiger partial charge in [0, 0.05) is 0 Å². The van der Waals surface area contributed by atoms with Crippen LogP contribution in [-0.4, -0.2) is 18.2 Å². The van der Waals surface area contributed by atoms with Crippen molar-refractivity contribution in [3.63, 3.8) is 0 Å². The van der Waals surface area contributed by atoms with Crippen LogP contribution in [0, 0.1) is 11.8 Å². The van der Waals surface area contributed by atoms with Crippen molar-refractivity contribution in [3.05, 3.63) is 11.6 Å². The molecule has 0 fully saturated rings. The molecular formula is C10H18O3S. The molecule has 3 nitrogen and oxygen atoms in total. The van der Waals surface area contributed by atoms with Crippen molar-refractivity contribution in [3.8, 4) is 0 Å². The minimum Gasteiger partial charge on any atom is -0.285 e. The van der Waals surface area contributed by atoms with E-state index in [9.17, 15) is 8.42 Å². The van der Waals surface area contributed by atoms with Crippen molar-refractivity contribution >= 4 is 10.1 Å². The van der Waals surface area contributed by atoms with Gasteiger partial charge >= 0.3 is 0 Å². The number of allylic oxidation sites excluding steroid dienone is 1. The second-order valence-electron chi connectivity index (χ2n) is 4.43. The van der Waals surface area contributed by atoms with Gasteiger partial charge in [-0.05, 0) is 31.6 Å². The van der Waals surface area contributed by atoms with Gasteiger partial charge in [-0.25, -0.2) is 0 Å². The monoisotopic (exact) mass is 218 g/mol. The molecule has 0 aromatic rings. The maximum absolute atomic E-state index is 11.1. The Labute approximate surface area is 86.0 Å². The summed E-state index contributed by atoms with van der Waals surface area (Å²) >= 11 is 0. The summed E-state index contributed by atoms with van der Waals surface area (Å²) in [6.07, 6.45) is 3.42. The van der Waals surface area contributed by atoms with Gasteiger partial charge in [0.1, 0.15) is 5.25 Å². The fraction of sp³-hybridized carbons (Fsp3) is 0.800. The second-order valence-corrected chi connectivity index (χ2v) is 6.03. The number of rotatable bonds is 2. The molecule has 1 unspecified atom stereocenters. The Morgan fingerprint density at radius 3 is 2.50 bits per heavy atom. The Hall–Kier alpha value is -0.350. The van der Waals surface area contributed by atoms with E-state index in [0.29, 0.717) is 18.3 Å². The fourth-order valence-corrected chi connectivity index (χ4v) is 2.98. The number of hydrogen-bond donors (Lipinski definition) is 1. The van der Waals surface area contributed by atoms with Gasteiger partial charge in [0.15, 0.2) is 0 Å². The number of hydrogen-bond acceptors (Lipinski definition) is 2. The summed E-state index contributed by atoms with van der Waals surface area (Å²) in [5.41, 5.74) is 0.782. The van der Waals surface area contributed by atoms with Gasteiger partial charge in [-0.3, -0.25) is 4.55 Å². The van der Waals surface area contributed by atoms with Crippen molar-refractivity contribution < 1.29 is 13.0 Å². The molecule has 1 aliphatic rings. The topological polar surface area (TPSA) is 54.4 Å². The van der Waals surface area contributed by atoms with E-state index in [4.69, 9.17) is 4.55 Å². The molecule has 0 amide bonds. The Bertz CT molecular complexity index is 327. The van der Waals surface area contributed by atoms with Crippen molar-refractivity contribution in [2.75, 3.05) is 0 Å². The van der Waals surface area contributed by atoms with Gasteiger partial charge in [-0.15, -0.1) is 0 Å². The highest BCUT2D eigenvalue weighted by atomic mass is 32.2. The zero-order valence-electron chi connectivity index (χ0n) is 8.90. The maximum Gasteiger partial charge on any atom is 0.271 e. The van der Waals surface area contributed by atoms with Gasteiger partial charge in [0.25, 0.3) is 10.1 Å². The zero-order chi connectivity index (χ0) is 10.9. The third kappa shape index (κ3) is 2.58. The van der Waals surface area contributed by atoms with Gasteiger partial charge in [-0.2, -0.15) is 8.42 Å². The first-order valence-electron chi connectivity index (χ1n) is 4.95. The predicted molar refractivity (Wildman–Crippen MR) is 56.7 cm³/mol. The molecule has 0 aromatic carbocycles. The summed E-state index contributed by atoms with van der Waals surface area (Å²) in [5, 5.41) is -0.677. The SMILES string of the molecule is CC1=CCC(C(C)C)C[C@@H]1S(=O)(=O)O. The Balaban J connectivity index is 2.88. The highest BCUT2D eigenvalue weighted by Gasteiger charge is 2.31. The standard InChI is InChI=1S/C10H18O3S/c1-7(2)9-5-4-8(3)10(6-9)14(11,12)13/h4,7,9-10H,5-6H2,1-3H3,(H,11,12,13)/t9?,10-/m0/s1. The molecule has 0 bridgehead atoms. The largest absolute Gasteiger partial charge is 0.285 e. The summed E-state index contributed by atoms with van der Waals surface area (Å²) in [7, 11) is -3.91. The molecule has 0 aliphatic heterocycles. The van der Waals surface area contributed by atoms with E-state index in [-0.39, 0.29) is 0 Å². The molecule has 0 saturated heterocycles. The molecule has 0 radical (unpaired) electrons. The first kappa shape index (κ1) is 11.7.